The first-order valence-corrected chi connectivity index (χ1v) is 7.80. The van der Waals surface area contributed by atoms with Gasteiger partial charge in [-0.15, -0.1) is 0 Å². The van der Waals surface area contributed by atoms with Crippen LogP contribution in [0, 0.1) is 11.3 Å². The highest BCUT2D eigenvalue weighted by Crippen LogP contribution is 2.28. The Morgan fingerprint density at radius 2 is 1.95 bits per heavy atom. The third-order valence-electron chi connectivity index (χ3n) is 4.21. The van der Waals surface area contributed by atoms with Gasteiger partial charge in [-0.1, -0.05) is 13.8 Å². The molecule has 0 aromatic rings. The molecule has 118 valence electrons. The predicted molar refractivity (Wildman–Crippen MR) is 80.5 cm³/mol. The molecule has 0 bridgehead atoms. The zero-order valence-corrected chi connectivity index (χ0v) is 13.4. The Morgan fingerprint density at radius 3 is 2.45 bits per heavy atom. The molecule has 4 heteroatoms. The number of hydrogen-bond donors (Lipinski definition) is 2. The van der Waals surface area contributed by atoms with E-state index in [4.69, 9.17) is 4.74 Å². The van der Waals surface area contributed by atoms with Crippen LogP contribution in [-0.2, 0) is 9.53 Å². The van der Waals surface area contributed by atoms with Crippen LogP contribution < -0.4 is 5.32 Å². The summed E-state index contributed by atoms with van der Waals surface area (Å²) >= 11 is 0. The number of aliphatic hydroxyl groups excluding tert-OH is 1. The van der Waals surface area contributed by atoms with Gasteiger partial charge in [0.25, 0.3) is 0 Å². The van der Waals surface area contributed by atoms with Crippen LogP contribution in [0.3, 0.4) is 0 Å². The number of rotatable bonds is 7. The molecule has 1 rings (SSSR count). The maximum atomic E-state index is 12.0. The van der Waals surface area contributed by atoms with Gasteiger partial charge in [-0.25, -0.2) is 0 Å². The summed E-state index contributed by atoms with van der Waals surface area (Å²) in [7, 11) is 1.77. The number of amides is 1. The maximum Gasteiger partial charge on any atom is 0.220 e. The normalized spacial score (nSPS) is 25.2. The molecule has 1 fully saturated rings. The molecule has 2 N–H and O–H groups in total. The van der Waals surface area contributed by atoms with Crippen LogP contribution in [0.25, 0.3) is 0 Å². The van der Waals surface area contributed by atoms with Gasteiger partial charge < -0.3 is 15.2 Å². The number of nitrogens with one attached hydrogen (secondary N) is 1. The van der Waals surface area contributed by atoms with E-state index >= 15 is 0 Å². The van der Waals surface area contributed by atoms with E-state index in [0.717, 1.165) is 25.7 Å². The number of methoxy groups -OCH3 is 1. The first-order valence-electron chi connectivity index (χ1n) is 7.80. The van der Waals surface area contributed by atoms with Gasteiger partial charge in [0.2, 0.25) is 5.91 Å². The number of aliphatic hydroxyl groups is 1. The van der Waals surface area contributed by atoms with Crippen LogP contribution in [0.5, 0.6) is 0 Å². The first kappa shape index (κ1) is 17.4. The lowest BCUT2D eigenvalue weighted by atomic mass is 9.84. The summed E-state index contributed by atoms with van der Waals surface area (Å²) in [5.41, 5.74) is -0.0580. The van der Waals surface area contributed by atoms with Gasteiger partial charge >= 0.3 is 0 Å². The standard InChI is InChI=1S/C16H31NO3/c1-12(18)10-16(2,3)11-17-15(19)9-13-5-7-14(20-4)8-6-13/h12-14,18H,5-11H2,1-4H3,(H,17,19). The van der Waals surface area contributed by atoms with E-state index in [9.17, 15) is 9.90 Å². The van der Waals surface area contributed by atoms with Crippen molar-refractivity contribution in [3.63, 3.8) is 0 Å². The number of ether oxygens (including phenoxy) is 1. The van der Waals surface area contributed by atoms with Crippen LogP contribution in [0.2, 0.25) is 0 Å². The van der Waals surface area contributed by atoms with Gasteiger partial charge in [0.05, 0.1) is 12.2 Å². The fourth-order valence-electron chi connectivity index (χ4n) is 3.12. The van der Waals surface area contributed by atoms with Crippen molar-refractivity contribution in [3.8, 4) is 0 Å². The van der Waals surface area contributed by atoms with Crippen LogP contribution in [-0.4, -0.2) is 36.9 Å². The van der Waals surface area contributed by atoms with E-state index in [-0.39, 0.29) is 17.4 Å². The van der Waals surface area contributed by atoms with Crippen molar-refractivity contribution in [2.75, 3.05) is 13.7 Å². The molecule has 1 saturated carbocycles. The largest absolute Gasteiger partial charge is 0.393 e. The van der Waals surface area contributed by atoms with Crippen molar-refractivity contribution >= 4 is 5.91 Å². The molecule has 1 aliphatic carbocycles. The monoisotopic (exact) mass is 285 g/mol. The highest BCUT2D eigenvalue weighted by atomic mass is 16.5. The molecule has 0 saturated heterocycles. The molecule has 1 unspecified atom stereocenters. The lowest BCUT2D eigenvalue weighted by Crippen LogP contribution is -2.36. The Kier molecular flexibility index (Phi) is 6.96. The Balaban J connectivity index is 2.24. The Morgan fingerprint density at radius 1 is 1.35 bits per heavy atom. The topological polar surface area (TPSA) is 58.6 Å². The Bertz CT molecular complexity index is 294. The fraction of sp³-hybridized carbons (Fsp3) is 0.938. The smallest absolute Gasteiger partial charge is 0.220 e. The molecular weight excluding hydrogens is 254 g/mol. The van der Waals surface area contributed by atoms with Crippen molar-refractivity contribution in [3.05, 3.63) is 0 Å². The average molecular weight is 285 g/mol. The summed E-state index contributed by atoms with van der Waals surface area (Å²) in [5, 5.41) is 12.5. The molecular formula is C16H31NO3. The van der Waals surface area contributed by atoms with Crippen molar-refractivity contribution in [1.29, 1.82) is 0 Å². The summed E-state index contributed by atoms with van der Waals surface area (Å²) in [5.74, 6) is 0.644. The highest BCUT2D eigenvalue weighted by molar-refractivity contribution is 5.76. The van der Waals surface area contributed by atoms with Crippen molar-refractivity contribution in [2.45, 2.75) is 71.5 Å². The summed E-state index contributed by atoms with van der Waals surface area (Å²) < 4.78 is 5.35. The molecule has 1 atom stereocenters. The van der Waals surface area contributed by atoms with E-state index in [1.807, 2.05) is 0 Å². The number of hydrogen-bond acceptors (Lipinski definition) is 3. The second-order valence-electron chi connectivity index (χ2n) is 7.08. The third kappa shape index (κ3) is 6.71. The SMILES string of the molecule is COC1CCC(CC(=O)NCC(C)(C)CC(C)O)CC1. The van der Waals surface area contributed by atoms with E-state index in [0.29, 0.717) is 31.4 Å². The predicted octanol–water partition coefficient (Wildman–Crippen LogP) is 2.50. The summed E-state index contributed by atoms with van der Waals surface area (Å²) in [6.45, 7) is 6.57. The van der Waals surface area contributed by atoms with Crippen LogP contribution in [0.4, 0.5) is 0 Å². The van der Waals surface area contributed by atoms with E-state index in [2.05, 4.69) is 19.2 Å². The highest BCUT2D eigenvalue weighted by Gasteiger charge is 2.24. The second kappa shape index (κ2) is 7.99. The minimum atomic E-state index is -0.328. The third-order valence-corrected chi connectivity index (χ3v) is 4.21. The molecule has 20 heavy (non-hydrogen) atoms. The van der Waals surface area contributed by atoms with Gasteiger partial charge in [0, 0.05) is 20.1 Å². The Labute approximate surface area is 123 Å². The molecule has 0 radical (unpaired) electrons. The van der Waals surface area contributed by atoms with E-state index in [1.54, 1.807) is 14.0 Å². The summed E-state index contributed by atoms with van der Waals surface area (Å²) in [6, 6.07) is 0. The zero-order valence-electron chi connectivity index (χ0n) is 13.4. The molecule has 0 aromatic heterocycles. The van der Waals surface area contributed by atoms with Crippen molar-refractivity contribution in [2.24, 2.45) is 11.3 Å². The van der Waals surface area contributed by atoms with Crippen LogP contribution >= 0.6 is 0 Å². The average Bonchev–Trinajstić information content (AvgIpc) is 2.36. The quantitative estimate of drug-likeness (QED) is 0.755. The molecule has 4 nitrogen and oxygen atoms in total. The van der Waals surface area contributed by atoms with Crippen LogP contribution in [0.1, 0.15) is 59.3 Å². The molecule has 0 aromatic carbocycles. The van der Waals surface area contributed by atoms with E-state index < -0.39 is 0 Å². The van der Waals surface area contributed by atoms with Gasteiger partial charge in [0.15, 0.2) is 0 Å². The molecule has 1 amide bonds. The summed E-state index contributed by atoms with van der Waals surface area (Å²) in [4.78, 5) is 12.0. The van der Waals surface area contributed by atoms with Crippen LogP contribution in [0.15, 0.2) is 0 Å². The minimum Gasteiger partial charge on any atom is -0.393 e. The first-order chi connectivity index (χ1) is 9.32. The van der Waals surface area contributed by atoms with E-state index in [1.165, 1.54) is 0 Å². The molecule has 1 aliphatic rings. The second-order valence-corrected chi connectivity index (χ2v) is 7.08. The minimum absolute atomic E-state index is 0.0580. The van der Waals surface area contributed by atoms with Gasteiger partial charge in [0.1, 0.15) is 0 Å². The molecule has 0 spiro atoms. The molecule has 0 aliphatic heterocycles. The fourth-order valence-corrected chi connectivity index (χ4v) is 3.12. The number of carbonyl (C=O) groups is 1. The molecule has 0 heterocycles. The lowest BCUT2D eigenvalue weighted by Gasteiger charge is -2.29. The summed E-state index contributed by atoms with van der Waals surface area (Å²) in [6.07, 6.45) is 5.70. The zero-order chi connectivity index (χ0) is 15.2. The lowest BCUT2D eigenvalue weighted by molar-refractivity contribution is -0.123. The van der Waals surface area contributed by atoms with Gasteiger partial charge in [-0.3, -0.25) is 4.79 Å². The van der Waals surface area contributed by atoms with Gasteiger partial charge in [-0.05, 0) is 50.4 Å². The maximum absolute atomic E-state index is 12.0. The van der Waals surface area contributed by atoms with Crippen molar-refractivity contribution in [1.82, 2.24) is 5.32 Å². The number of carbonyl (C=O) groups excluding carboxylic acids is 1. The van der Waals surface area contributed by atoms with Gasteiger partial charge in [-0.2, -0.15) is 0 Å². The van der Waals surface area contributed by atoms with Crippen molar-refractivity contribution < 1.29 is 14.6 Å². The Hall–Kier alpha value is -0.610.